The van der Waals surface area contributed by atoms with Gasteiger partial charge in [0.15, 0.2) is 0 Å². The summed E-state index contributed by atoms with van der Waals surface area (Å²) in [6, 6.07) is 0. The van der Waals surface area contributed by atoms with Crippen LogP contribution >= 0.6 is 0 Å². The fourth-order valence-corrected chi connectivity index (χ4v) is 1.05. The predicted octanol–water partition coefficient (Wildman–Crippen LogP) is 0.00430. The van der Waals surface area contributed by atoms with Gasteiger partial charge >= 0.3 is 0 Å². The van der Waals surface area contributed by atoms with Gasteiger partial charge in [-0.05, 0) is 0 Å². The zero-order chi connectivity index (χ0) is 6.69. The molecule has 0 aromatic rings. The van der Waals surface area contributed by atoms with E-state index in [9.17, 15) is 0 Å². The molecular formula is C7H19N3. The Kier molecular flexibility index (Phi) is 4.60. The molecule has 0 spiro atoms. The Balaban J connectivity index is 0.000000810. The highest BCUT2D eigenvalue weighted by Crippen LogP contribution is 1.92. The number of piperazine rings is 1. The molecule has 62 valence electrons. The molecule has 3 nitrogen and oxygen atoms in total. The van der Waals surface area contributed by atoms with Crippen molar-refractivity contribution in [3.63, 3.8) is 0 Å². The highest BCUT2D eigenvalue weighted by Gasteiger charge is 2.09. The summed E-state index contributed by atoms with van der Waals surface area (Å²) in [5, 5.41) is 7.78. The van der Waals surface area contributed by atoms with Crippen molar-refractivity contribution < 1.29 is 0 Å². The van der Waals surface area contributed by atoms with Crippen molar-refractivity contribution in [3.8, 4) is 0 Å². The highest BCUT2D eigenvalue weighted by molar-refractivity contribution is 4.62. The summed E-state index contributed by atoms with van der Waals surface area (Å²) < 4.78 is 0. The van der Waals surface area contributed by atoms with Gasteiger partial charge in [0.1, 0.15) is 0 Å². The molecule has 0 saturated carbocycles. The summed E-state index contributed by atoms with van der Waals surface area (Å²) in [6.45, 7) is 4.54. The first-order valence-electron chi connectivity index (χ1n) is 3.43. The van der Waals surface area contributed by atoms with Gasteiger partial charge in [-0.25, -0.2) is 10.0 Å². The average Bonchev–Trinajstić information content (AvgIpc) is 1.90. The van der Waals surface area contributed by atoms with Gasteiger partial charge in [-0.2, -0.15) is 0 Å². The molecule has 0 atom stereocenters. The minimum Gasteiger partial charge on any atom is -0.314 e. The Morgan fingerprint density at radius 1 is 1.20 bits per heavy atom. The maximum absolute atomic E-state index is 3.30. The predicted molar refractivity (Wildman–Crippen MR) is 44.9 cm³/mol. The van der Waals surface area contributed by atoms with Crippen molar-refractivity contribution in [2.75, 3.05) is 40.3 Å². The van der Waals surface area contributed by atoms with E-state index in [1.165, 1.54) is 0 Å². The lowest BCUT2D eigenvalue weighted by Gasteiger charge is -2.32. The third kappa shape index (κ3) is 2.64. The molecule has 1 N–H and O–H groups in total. The minimum atomic E-state index is 0. The van der Waals surface area contributed by atoms with Crippen molar-refractivity contribution in [2.45, 2.75) is 7.43 Å². The van der Waals surface area contributed by atoms with E-state index in [1.807, 2.05) is 0 Å². The number of nitrogens with zero attached hydrogens (tertiary/aromatic N) is 2. The largest absolute Gasteiger partial charge is 0.314 e. The van der Waals surface area contributed by atoms with E-state index < -0.39 is 0 Å². The van der Waals surface area contributed by atoms with Crippen LogP contribution in [0, 0.1) is 0 Å². The van der Waals surface area contributed by atoms with Crippen LogP contribution in [0.2, 0.25) is 0 Å². The van der Waals surface area contributed by atoms with Crippen molar-refractivity contribution in [1.29, 1.82) is 0 Å². The standard InChI is InChI=1S/C6H15N3.CH4/c1-8(2)9-5-3-7-4-6-9;/h7H,3-6H2,1-2H3;1H4. The first-order chi connectivity index (χ1) is 4.30. The summed E-state index contributed by atoms with van der Waals surface area (Å²) in [4.78, 5) is 0. The van der Waals surface area contributed by atoms with E-state index in [4.69, 9.17) is 0 Å². The zero-order valence-electron chi connectivity index (χ0n) is 6.22. The van der Waals surface area contributed by atoms with Crippen LogP contribution in [0.1, 0.15) is 7.43 Å². The number of hydrogen-bond donors (Lipinski definition) is 1. The van der Waals surface area contributed by atoms with E-state index in [-0.39, 0.29) is 7.43 Å². The maximum atomic E-state index is 3.30. The molecule has 1 heterocycles. The van der Waals surface area contributed by atoms with Gasteiger partial charge in [-0.1, -0.05) is 7.43 Å². The van der Waals surface area contributed by atoms with Crippen molar-refractivity contribution in [1.82, 2.24) is 15.3 Å². The van der Waals surface area contributed by atoms with Gasteiger partial charge in [0.05, 0.1) is 0 Å². The molecule has 1 saturated heterocycles. The Hall–Kier alpha value is -0.120. The molecule has 0 radical (unpaired) electrons. The average molecular weight is 145 g/mol. The molecule has 10 heavy (non-hydrogen) atoms. The molecule has 1 rings (SSSR count). The van der Waals surface area contributed by atoms with Gasteiger partial charge in [-0.3, -0.25) is 0 Å². The van der Waals surface area contributed by atoms with E-state index in [2.05, 4.69) is 29.4 Å². The summed E-state index contributed by atoms with van der Waals surface area (Å²) >= 11 is 0. The van der Waals surface area contributed by atoms with E-state index in [0.717, 1.165) is 26.2 Å². The van der Waals surface area contributed by atoms with Gasteiger partial charge in [-0.15, -0.1) is 0 Å². The lowest BCUT2D eigenvalue weighted by Crippen LogP contribution is -2.49. The number of nitrogens with one attached hydrogen (secondary N) is 1. The Bertz CT molecular complexity index is 76.9. The fraction of sp³-hybridized carbons (Fsp3) is 1.00. The highest BCUT2D eigenvalue weighted by atomic mass is 15.6. The number of hydrogen-bond acceptors (Lipinski definition) is 3. The lowest BCUT2D eigenvalue weighted by molar-refractivity contribution is 0.0141. The molecule has 3 heteroatoms. The van der Waals surface area contributed by atoms with Gasteiger partial charge < -0.3 is 5.32 Å². The lowest BCUT2D eigenvalue weighted by atomic mass is 10.4. The second-order valence-electron chi connectivity index (χ2n) is 2.55. The number of hydrazine groups is 1. The number of rotatable bonds is 1. The smallest absolute Gasteiger partial charge is 0.0259 e. The summed E-state index contributed by atoms with van der Waals surface area (Å²) in [5.41, 5.74) is 0. The first kappa shape index (κ1) is 9.88. The van der Waals surface area contributed by atoms with Crippen molar-refractivity contribution >= 4 is 0 Å². The van der Waals surface area contributed by atoms with Crippen molar-refractivity contribution in [3.05, 3.63) is 0 Å². The monoisotopic (exact) mass is 145 g/mol. The quantitative estimate of drug-likeness (QED) is 0.560. The summed E-state index contributed by atoms with van der Waals surface area (Å²) in [5.74, 6) is 0. The van der Waals surface area contributed by atoms with Crippen LogP contribution in [0.25, 0.3) is 0 Å². The van der Waals surface area contributed by atoms with Crippen LogP contribution in [0.4, 0.5) is 0 Å². The Morgan fingerprint density at radius 2 is 1.70 bits per heavy atom. The van der Waals surface area contributed by atoms with E-state index in [1.54, 1.807) is 0 Å². The van der Waals surface area contributed by atoms with E-state index >= 15 is 0 Å². The minimum absolute atomic E-state index is 0. The molecule has 0 aromatic heterocycles. The second kappa shape index (κ2) is 4.66. The molecule has 0 unspecified atom stereocenters. The van der Waals surface area contributed by atoms with Crippen LogP contribution in [-0.4, -0.2) is 50.3 Å². The van der Waals surface area contributed by atoms with Crippen molar-refractivity contribution in [2.24, 2.45) is 0 Å². The van der Waals surface area contributed by atoms with Gasteiger partial charge in [0.2, 0.25) is 0 Å². The zero-order valence-corrected chi connectivity index (χ0v) is 6.22. The van der Waals surface area contributed by atoms with E-state index in [0.29, 0.717) is 0 Å². The first-order valence-corrected chi connectivity index (χ1v) is 3.43. The SMILES string of the molecule is C.CN(C)N1CCNCC1. The normalized spacial score (nSPS) is 20.7. The van der Waals surface area contributed by atoms with Gasteiger partial charge in [0.25, 0.3) is 0 Å². The maximum Gasteiger partial charge on any atom is 0.0259 e. The Labute approximate surface area is 64.0 Å². The third-order valence-corrected chi connectivity index (χ3v) is 1.66. The molecule has 0 aliphatic carbocycles. The molecule has 0 amide bonds. The molecule has 1 aliphatic heterocycles. The van der Waals surface area contributed by atoms with Crippen LogP contribution in [0.5, 0.6) is 0 Å². The topological polar surface area (TPSA) is 18.5 Å². The summed E-state index contributed by atoms with van der Waals surface area (Å²) in [7, 11) is 4.18. The second-order valence-corrected chi connectivity index (χ2v) is 2.55. The molecule has 1 aliphatic rings. The molecule has 1 fully saturated rings. The van der Waals surface area contributed by atoms with Crippen LogP contribution in [-0.2, 0) is 0 Å². The Morgan fingerprint density at radius 3 is 2.00 bits per heavy atom. The molecular weight excluding hydrogens is 126 g/mol. The van der Waals surface area contributed by atoms with Crippen LogP contribution in [0.15, 0.2) is 0 Å². The van der Waals surface area contributed by atoms with Gasteiger partial charge in [0, 0.05) is 40.3 Å². The fourth-order valence-electron chi connectivity index (χ4n) is 1.05. The molecule has 0 bridgehead atoms. The molecule has 0 aromatic carbocycles. The van der Waals surface area contributed by atoms with Crippen LogP contribution < -0.4 is 5.32 Å². The van der Waals surface area contributed by atoms with Crippen LogP contribution in [0.3, 0.4) is 0 Å². The third-order valence-electron chi connectivity index (χ3n) is 1.66. The summed E-state index contributed by atoms with van der Waals surface area (Å²) in [6.07, 6.45) is 0.